The van der Waals surface area contributed by atoms with Crippen LogP contribution in [-0.2, 0) is 14.3 Å². The first-order valence-corrected chi connectivity index (χ1v) is 7.75. The number of benzene rings is 1. The highest BCUT2D eigenvalue weighted by atomic mass is 19.1. The van der Waals surface area contributed by atoms with Gasteiger partial charge in [0.15, 0.2) is 0 Å². The van der Waals surface area contributed by atoms with Crippen LogP contribution >= 0.6 is 0 Å². The Labute approximate surface area is 135 Å². The zero-order chi connectivity index (χ0) is 17.0. The van der Waals surface area contributed by atoms with Crippen molar-refractivity contribution in [2.75, 3.05) is 19.0 Å². The number of hydrogen-bond donors (Lipinski definition) is 2. The lowest BCUT2D eigenvalue weighted by Gasteiger charge is -2.40. The summed E-state index contributed by atoms with van der Waals surface area (Å²) in [5, 5.41) is 5.39. The first kappa shape index (κ1) is 17.4. The van der Waals surface area contributed by atoms with Crippen molar-refractivity contribution >= 4 is 17.5 Å². The summed E-state index contributed by atoms with van der Waals surface area (Å²) >= 11 is 0. The van der Waals surface area contributed by atoms with Crippen molar-refractivity contribution in [3.8, 4) is 0 Å². The lowest BCUT2D eigenvalue weighted by atomic mass is 9.68. The van der Waals surface area contributed by atoms with Gasteiger partial charge in [0.05, 0.1) is 12.0 Å². The monoisotopic (exact) mass is 322 g/mol. The predicted octanol–water partition coefficient (Wildman–Crippen LogP) is 2.39. The van der Waals surface area contributed by atoms with Gasteiger partial charge >= 0.3 is 0 Å². The molecule has 1 aliphatic rings. The average molecular weight is 322 g/mol. The molecule has 6 heteroatoms. The summed E-state index contributed by atoms with van der Waals surface area (Å²) in [7, 11) is 1.57. The summed E-state index contributed by atoms with van der Waals surface area (Å²) in [6, 6.07) is 3.48. The molecule has 2 rings (SSSR count). The van der Waals surface area contributed by atoms with Crippen LogP contribution < -0.4 is 10.6 Å². The normalized spacial score (nSPS) is 17.0. The molecular weight excluding hydrogens is 299 g/mol. The van der Waals surface area contributed by atoms with Crippen molar-refractivity contribution in [3.05, 3.63) is 29.6 Å². The van der Waals surface area contributed by atoms with Crippen LogP contribution in [0.15, 0.2) is 18.2 Å². The van der Waals surface area contributed by atoms with E-state index in [2.05, 4.69) is 10.6 Å². The summed E-state index contributed by atoms with van der Waals surface area (Å²) in [6.07, 6.45) is 2.52. The van der Waals surface area contributed by atoms with Crippen molar-refractivity contribution in [1.82, 2.24) is 5.32 Å². The van der Waals surface area contributed by atoms with E-state index in [0.717, 1.165) is 24.8 Å². The SMILES string of the molecule is COCC1(C(=O)N[C@H](C)C(=O)Nc2cc(F)ccc2C)CCC1. The quantitative estimate of drug-likeness (QED) is 0.845. The topological polar surface area (TPSA) is 67.4 Å². The zero-order valence-corrected chi connectivity index (χ0v) is 13.7. The van der Waals surface area contributed by atoms with Crippen LogP contribution in [0.4, 0.5) is 10.1 Å². The van der Waals surface area contributed by atoms with E-state index in [4.69, 9.17) is 4.74 Å². The predicted molar refractivity (Wildman–Crippen MR) is 85.5 cm³/mol. The second-order valence-corrected chi connectivity index (χ2v) is 6.21. The minimum absolute atomic E-state index is 0.163. The van der Waals surface area contributed by atoms with Gasteiger partial charge in [-0.25, -0.2) is 4.39 Å². The van der Waals surface area contributed by atoms with Crippen LogP contribution in [0.5, 0.6) is 0 Å². The highest BCUT2D eigenvalue weighted by molar-refractivity contribution is 5.98. The van der Waals surface area contributed by atoms with Crippen molar-refractivity contribution in [3.63, 3.8) is 0 Å². The van der Waals surface area contributed by atoms with Crippen LogP contribution in [0.25, 0.3) is 0 Å². The molecule has 2 N–H and O–H groups in total. The number of carbonyl (C=O) groups excluding carboxylic acids is 2. The molecule has 126 valence electrons. The van der Waals surface area contributed by atoms with Crippen LogP contribution in [0, 0.1) is 18.2 Å². The molecule has 0 bridgehead atoms. The second-order valence-electron chi connectivity index (χ2n) is 6.21. The van der Waals surface area contributed by atoms with Gasteiger partial charge in [0.25, 0.3) is 0 Å². The molecule has 2 amide bonds. The van der Waals surface area contributed by atoms with Crippen molar-refractivity contribution < 1.29 is 18.7 Å². The van der Waals surface area contributed by atoms with Crippen molar-refractivity contribution in [2.24, 2.45) is 5.41 Å². The van der Waals surface area contributed by atoms with E-state index >= 15 is 0 Å². The van der Waals surface area contributed by atoms with Gasteiger partial charge in [-0.1, -0.05) is 12.5 Å². The van der Waals surface area contributed by atoms with Crippen molar-refractivity contribution in [1.29, 1.82) is 0 Å². The molecule has 1 aromatic rings. The third kappa shape index (κ3) is 3.88. The highest BCUT2D eigenvalue weighted by Crippen LogP contribution is 2.41. The Morgan fingerprint density at radius 2 is 2.09 bits per heavy atom. The molecule has 1 aliphatic carbocycles. The summed E-state index contributed by atoms with van der Waals surface area (Å²) in [6.45, 7) is 3.75. The van der Waals surface area contributed by atoms with Crippen LogP contribution in [0.1, 0.15) is 31.7 Å². The Bertz CT molecular complexity index is 600. The van der Waals surface area contributed by atoms with E-state index in [1.165, 1.54) is 12.1 Å². The maximum atomic E-state index is 13.3. The fourth-order valence-corrected chi connectivity index (χ4v) is 2.70. The molecule has 0 radical (unpaired) electrons. The van der Waals surface area contributed by atoms with E-state index in [-0.39, 0.29) is 11.8 Å². The number of rotatable bonds is 6. The van der Waals surface area contributed by atoms with E-state index in [9.17, 15) is 14.0 Å². The number of nitrogens with one attached hydrogen (secondary N) is 2. The van der Waals surface area contributed by atoms with Gasteiger partial charge < -0.3 is 15.4 Å². The first-order valence-electron chi connectivity index (χ1n) is 7.75. The number of methoxy groups -OCH3 is 1. The van der Waals surface area contributed by atoms with Crippen molar-refractivity contribution in [2.45, 2.75) is 39.2 Å². The Balaban J connectivity index is 1.97. The molecule has 0 saturated heterocycles. The van der Waals surface area contributed by atoms with Crippen LogP contribution in [0.3, 0.4) is 0 Å². The Morgan fingerprint density at radius 1 is 1.39 bits per heavy atom. The Hall–Kier alpha value is -1.95. The van der Waals surface area contributed by atoms with E-state index in [1.54, 1.807) is 27.0 Å². The smallest absolute Gasteiger partial charge is 0.246 e. The summed E-state index contributed by atoms with van der Waals surface area (Å²) in [5.41, 5.74) is 0.650. The molecule has 1 atom stereocenters. The van der Waals surface area contributed by atoms with Crippen LogP contribution in [0.2, 0.25) is 0 Å². The number of amides is 2. The number of halogens is 1. The molecule has 0 heterocycles. The largest absolute Gasteiger partial charge is 0.384 e. The third-order valence-electron chi connectivity index (χ3n) is 4.41. The lowest BCUT2D eigenvalue weighted by molar-refractivity contribution is -0.142. The lowest BCUT2D eigenvalue weighted by Crippen LogP contribution is -2.53. The molecule has 1 saturated carbocycles. The first-order chi connectivity index (χ1) is 10.9. The molecular formula is C17H23FN2O3. The number of carbonyl (C=O) groups is 2. The molecule has 1 fully saturated rings. The third-order valence-corrected chi connectivity index (χ3v) is 4.41. The zero-order valence-electron chi connectivity index (χ0n) is 13.7. The van der Waals surface area contributed by atoms with Gasteiger partial charge in [-0.2, -0.15) is 0 Å². The number of ether oxygens (including phenoxy) is 1. The Morgan fingerprint density at radius 3 is 2.65 bits per heavy atom. The molecule has 0 unspecified atom stereocenters. The summed E-state index contributed by atoms with van der Waals surface area (Å²) in [5.74, 6) is -0.959. The fourth-order valence-electron chi connectivity index (χ4n) is 2.70. The number of anilines is 1. The molecule has 1 aromatic carbocycles. The molecule has 0 spiro atoms. The number of aryl methyl sites for hydroxylation is 1. The summed E-state index contributed by atoms with van der Waals surface area (Å²) < 4.78 is 18.4. The van der Waals surface area contributed by atoms with E-state index < -0.39 is 17.3 Å². The summed E-state index contributed by atoms with van der Waals surface area (Å²) in [4.78, 5) is 24.6. The minimum atomic E-state index is -0.709. The molecule has 0 aromatic heterocycles. The van der Waals surface area contributed by atoms with E-state index in [0.29, 0.717) is 12.3 Å². The highest BCUT2D eigenvalue weighted by Gasteiger charge is 2.44. The fraction of sp³-hybridized carbons (Fsp3) is 0.529. The molecule has 0 aliphatic heterocycles. The number of hydrogen-bond acceptors (Lipinski definition) is 3. The molecule has 23 heavy (non-hydrogen) atoms. The van der Waals surface area contributed by atoms with E-state index in [1.807, 2.05) is 0 Å². The van der Waals surface area contributed by atoms with Gasteiger partial charge in [0.2, 0.25) is 11.8 Å². The van der Waals surface area contributed by atoms with Gasteiger partial charge in [0, 0.05) is 12.8 Å². The standard InChI is InChI=1S/C17H23FN2O3/c1-11-5-6-13(18)9-14(11)20-15(21)12(2)19-16(22)17(10-23-3)7-4-8-17/h5-6,9,12H,4,7-8,10H2,1-3H3,(H,19,22)(H,20,21)/t12-/m1/s1. The van der Waals surface area contributed by atoms with Gasteiger partial charge in [-0.05, 0) is 44.4 Å². The minimum Gasteiger partial charge on any atom is -0.384 e. The molecule has 5 nitrogen and oxygen atoms in total. The Kier molecular flexibility index (Phi) is 5.36. The maximum absolute atomic E-state index is 13.3. The van der Waals surface area contributed by atoms with Gasteiger partial charge in [0.1, 0.15) is 11.9 Å². The second kappa shape index (κ2) is 7.08. The van der Waals surface area contributed by atoms with Crippen LogP contribution in [-0.4, -0.2) is 31.6 Å². The average Bonchev–Trinajstić information content (AvgIpc) is 2.46. The van der Waals surface area contributed by atoms with Gasteiger partial charge in [-0.15, -0.1) is 0 Å². The maximum Gasteiger partial charge on any atom is 0.246 e. The van der Waals surface area contributed by atoms with Gasteiger partial charge in [-0.3, -0.25) is 9.59 Å².